The molecule has 13 heavy (non-hydrogen) atoms. The lowest BCUT2D eigenvalue weighted by molar-refractivity contribution is 0.550. The molecule has 2 rings (SSSR count). The minimum Gasteiger partial charge on any atom is -0.261 e. The Morgan fingerprint density at radius 1 is 1.38 bits per heavy atom. The number of rotatable bonds is 1. The van der Waals surface area contributed by atoms with Gasteiger partial charge in [-0.2, -0.15) is 5.10 Å². The quantitative estimate of drug-likeness (QED) is 0.745. The lowest BCUT2D eigenvalue weighted by atomic mass is 10.2. The second-order valence-electron chi connectivity index (χ2n) is 3.36. The van der Waals surface area contributed by atoms with Crippen LogP contribution in [0.4, 0.5) is 0 Å². The Kier molecular flexibility index (Phi) is 2.12. The predicted octanol–water partition coefficient (Wildman–Crippen LogP) is 3.38. The number of benzene rings is 1. The number of nitrogens with zero attached hydrogens (tertiary/aromatic N) is 2. The van der Waals surface area contributed by atoms with E-state index in [0.29, 0.717) is 6.04 Å². The minimum atomic E-state index is 0.399. The first-order valence-electron chi connectivity index (χ1n) is 4.32. The molecule has 0 atom stereocenters. The third-order valence-electron chi connectivity index (χ3n) is 2.06. The van der Waals surface area contributed by atoms with Crippen LogP contribution in [-0.4, -0.2) is 9.78 Å². The van der Waals surface area contributed by atoms with E-state index in [1.54, 1.807) is 0 Å². The van der Waals surface area contributed by atoms with Crippen molar-refractivity contribution in [1.29, 1.82) is 0 Å². The van der Waals surface area contributed by atoms with E-state index in [4.69, 9.17) is 0 Å². The zero-order valence-corrected chi connectivity index (χ0v) is 9.25. The van der Waals surface area contributed by atoms with Crippen molar-refractivity contribution in [2.75, 3.05) is 0 Å². The summed E-state index contributed by atoms with van der Waals surface area (Å²) in [5.74, 6) is 0. The molecule has 0 spiro atoms. The van der Waals surface area contributed by atoms with Gasteiger partial charge in [0.05, 0.1) is 11.7 Å². The van der Waals surface area contributed by atoms with Crippen molar-refractivity contribution < 1.29 is 0 Å². The molecule has 2 nitrogen and oxygen atoms in total. The number of aromatic nitrogens is 2. The van der Waals surface area contributed by atoms with Crippen molar-refractivity contribution in [2.45, 2.75) is 19.9 Å². The Morgan fingerprint density at radius 2 is 2.15 bits per heavy atom. The molecule has 3 heteroatoms. The summed E-state index contributed by atoms with van der Waals surface area (Å²) in [7, 11) is 0. The van der Waals surface area contributed by atoms with Crippen molar-refractivity contribution in [1.82, 2.24) is 9.78 Å². The van der Waals surface area contributed by atoms with E-state index in [1.807, 2.05) is 23.0 Å². The van der Waals surface area contributed by atoms with Gasteiger partial charge in [0.1, 0.15) is 0 Å². The number of halogens is 1. The molecule has 1 aromatic heterocycles. The number of hydrogen-bond donors (Lipinski definition) is 0. The third-order valence-corrected chi connectivity index (χ3v) is 2.70. The number of fused-ring (bicyclic) bond motifs is 1. The SMILES string of the molecule is CC(C)n1ncc2cccc(Br)c21. The second-order valence-corrected chi connectivity index (χ2v) is 4.21. The van der Waals surface area contributed by atoms with Crippen LogP contribution in [0.1, 0.15) is 19.9 Å². The van der Waals surface area contributed by atoms with Gasteiger partial charge in [-0.15, -0.1) is 0 Å². The van der Waals surface area contributed by atoms with Gasteiger partial charge in [0.15, 0.2) is 0 Å². The fourth-order valence-electron chi connectivity index (χ4n) is 1.45. The van der Waals surface area contributed by atoms with Crippen LogP contribution < -0.4 is 0 Å². The second kappa shape index (κ2) is 3.14. The molecule has 0 saturated heterocycles. The van der Waals surface area contributed by atoms with Gasteiger partial charge < -0.3 is 0 Å². The molecule has 0 aliphatic heterocycles. The van der Waals surface area contributed by atoms with E-state index in [-0.39, 0.29) is 0 Å². The van der Waals surface area contributed by atoms with Crippen molar-refractivity contribution in [3.8, 4) is 0 Å². The van der Waals surface area contributed by atoms with E-state index in [0.717, 1.165) is 4.47 Å². The van der Waals surface area contributed by atoms with Crippen LogP contribution >= 0.6 is 15.9 Å². The molecule has 0 aliphatic carbocycles. The van der Waals surface area contributed by atoms with Gasteiger partial charge in [-0.3, -0.25) is 4.68 Å². The van der Waals surface area contributed by atoms with Gasteiger partial charge in [0.2, 0.25) is 0 Å². The number of para-hydroxylation sites is 1. The van der Waals surface area contributed by atoms with Gasteiger partial charge >= 0.3 is 0 Å². The topological polar surface area (TPSA) is 17.8 Å². The maximum Gasteiger partial charge on any atom is 0.0827 e. The maximum atomic E-state index is 4.34. The molecule has 1 aromatic carbocycles. The normalized spacial score (nSPS) is 11.4. The summed E-state index contributed by atoms with van der Waals surface area (Å²) in [6.07, 6.45) is 1.90. The van der Waals surface area contributed by atoms with Gasteiger partial charge in [0, 0.05) is 15.9 Å². The molecular formula is C10H11BrN2. The molecule has 0 aliphatic rings. The summed E-state index contributed by atoms with van der Waals surface area (Å²) in [6, 6.07) is 6.55. The Hall–Kier alpha value is -0.830. The highest BCUT2D eigenvalue weighted by Crippen LogP contribution is 2.25. The van der Waals surface area contributed by atoms with Crippen LogP contribution in [0, 0.1) is 0 Å². The fourth-order valence-corrected chi connectivity index (χ4v) is 2.01. The zero-order valence-electron chi connectivity index (χ0n) is 7.66. The fraction of sp³-hybridized carbons (Fsp3) is 0.300. The minimum absolute atomic E-state index is 0.399. The summed E-state index contributed by atoms with van der Waals surface area (Å²) < 4.78 is 3.13. The lowest BCUT2D eigenvalue weighted by Crippen LogP contribution is -2.02. The van der Waals surface area contributed by atoms with Crippen molar-refractivity contribution >= 4 is 26.8 Å². The van der Waals surface area contributed by atoms with Crippen LogP contribution in [0.3, 0.4) is 0 Å². The highest BCUT2D eigenvalue weighted by atomic mass is 79.9. The zero-order chi connectivity index (χ0) is 9.42. The average molecular weight is 239 g/mol. The van der Waals surface area contributed by atoms with Crippen LogP contribution in [0.5, 0.6) is 0 Å². The summed E-state index contributed by atoms with van der Waals surface area (Å²) in [6.45, 7) is 4.26. The molecule has 0 N–H and O–H groups in total. The van der Waals surface area contributed by atoms with E-state index in [2.05, 4.69) is 40.9 Å². The molecule has 1 heterocycles. The van der Waals surface area contributed by atoms with Crippen LogP contribution in [0.2, 0.25) is 0 Å². The van der Waals surface area contributed by atoms with E-state index < -0.39 is 0 Å². The average Bonchev–Trinajstić information content (AvgIpc) is 2.49. The van der Waals surface area contributed by atoms with Crippen molar-refractivity contribution in [3.63, 3.8) is 0 Å². The highest BCUT2D eigenvalue weighted by molar-refractivity contribution is 9.10. The molecule has 2 aromatic rings. The maximum absolute atomic E-state index is 4.34. The molecule has 68 valence electrons. The summed E-state index contributed by atoms with van der Waals surface area (Å²) in [4.78, 5) is 0. The molecule has 0 fully saturated rings. The Labute approximate surface area is 85.7 Å². The first-order chi connectivity index (χ1) is 6.20. The summed E-state index contributed by atoms with van der Waals surface area (Å²) in [5, 5.41) is 5.53. The molecule has 0 bridgehead atoms. The standard InChI is InChI=1S/C10H11BrN2/c1-7(2)13-10-8(6-12-13)4-3-5-9(10)11/h3-7H,1-2H3. The van der Waals surface area contributed by atoms with Gasteiger partial charge in [-0.25, -0.2) is 0 Å². The monoisotopic (exact) mass is 238 g/mol. The van der Waals surface area contributed by atoms with Crippen molar-refractivity contribution in [2.24, 2.45) is 0 Å². The van der Waals surface area contributed by atoms with Gasteiger partial charge in [-0.05, 0) is 35.8 Å². The Balaban J connectivity index is 2.79. The highest BCUT2D eigenvalue weighted by Gasteiger charge is 2.07. The summed E-state index contributed by atoms with van der Waals surface area (Å²) in [5.41, 5.74) is 1.18. The molecule has 0 unspecified atom stereocenters. The summed E-state index contributed by atoms with van der Waals surface area (Å²) >= 11 is 3.53. The largest absolute Gasteiger partial charge is 0.261 e. The number of hydrogen-bond acceptors (Lipinski definition) is 1. The Morgan fingerprint density at radius 3 is 2.85 bits per heavy atom. The molecule has 0 saturated carbocycles. The first kappa shape index (κ1) is 8.75. The molecule has 0 radical (unpaired) electrons. The Bertz CT molecular complexity index is 431. The van der Waals surface area contributed by atoms with Crippen molar-refractivity contribution in [3.05, 3.63) is 28.9 Å². The van der Waals surface area contributed by atoms with Gasteiger partial charge in [-0.1, -0.05) is 12.1 Å². The lowest BCUT2D eigenvalue weighted by Gasteiger charge is -2.07. The van der Waals surface area contributed by atoms with Crippen LogP contribution in [0.25, 0.3) is 10.9 Å². The third kappa shape index (κ3) is 1.37. The smallest absolute Gasteiger partial charge is 0.0827 e. The van der Waals surface area contributed by atoms with Crippen LogP contribution in [0.15, 0.2) is 28.9 Å². The first-order valence-corrected chi connectivity index (χ1v) is 5.11. The van der Waals surface area contributed by atoms with Crippen LogP contribution in [-0.2, 0) is 0 Å². The van der Waals surface area contributed by atoms with E-state index >= 15 is 0 Å². The molecular weight excluding hydrogens is 228 g/mol. The van der Waals surface area contributed by atoms with E-state index in [9.17, 15) is 0 Å². The van der Waals surface area contributed by atoms with E-state index in [1.165, 1.54) is 10.9 Å². The molecule has 0 amide bonds. The predicted molar refractivity (Wildman–Crippen MR) is 57.8 cm³/mol. The van der Waals surface area contributed by atoms with Gasteiger partial charge in [0.25, 0.3) is 0 Å².